The van der Waals surface area contributed by atoms with Gasteiger partial charge in [0.05, 0.1) is 10.0 Å². The standard InChI is InChI=1S/C13H13Cl2NO4/c1-13(2)19-7-12(20-13)9(6-16(17)18)8-3-4-10(14)11(15)5-8/h3-5,7,9H,6H2,1-2H3. The summed E-state index contributed by atoms with van der Waals surface area (Å²) in [5.41, 5.74) is 0.656. The lowest BCUT2D eigenvalue weighted by Crippen LogP contribution is -2.23. The minimum atomic E-state index is -0.819. The highest BCUT2D eigenvalue weighted by Gasteiger charge is 2.35. The number of rotatable bonds is 4. The molecule has 7 heteroatoms. The van der Waals surface area contributed by atoms with E-state index in [-0.39, 0.29) is 6.54 Å². The topological polar surface area (TPSA) is 61.6 Å². The van der Waals surface area contributed by atoms with Crippen LogP contribution in [0.3, 0.4) is 0 Å². The van der Waals surface area contributed by atoms with Gasteiger partial charge >= 0.3 is 0 Å². The molecule has 0 N–H and O–H groups in total. The van der Waals surface area contributed by atoms with E-state index in [4.69, 9.17) is 32.7 Å². The highest BCUT2D eigenvalue weighted by molar-refractivity contribution is 6.42. The molecule has 0 saturated carbocycles. The quantitative estimate of drug-likeness (QED) is 0.622. The van der Waals surface area contributed by atoms with Crippen LogP contribution in [0.4, 0.5) is 0 Å². The number of nitro groups is 1. The van der Waals surface area contributed by atoms with E-state index in [1.54, 1.807) is 32.0 Å². The molecule has 0 aromatic heterocycles. The zero-order valence-corrected chi connectivity index (χ0v) is 12.4. The Hall–Kier alpha value is -1.46. The van der Waals surface area contributed by atoms with E-state index in [9.17, 15) is 10.1 Å². The fourth-order valence-corrected chi connectivity index (χ4v) is 2.23. The van der Waals surface area contributed by atoms with Crippen molar-refractivity contribution in [3.63, 3.8) is 0 Å². The Morgan fingerprint density at radius 1 is 1.35 bits per heavy atom. The Balaban J connectivity index is 2.33. The average Bonchev–Trinajstić information content (AvgIpc) is 2.70. The minimum absolute atomic E-state index is 0.316. The van der Waals surface area contributed by atoms with Crippen LogP contribution in [0.5, 0.6) is 0 Å². The number of hydrogen-bond donors (Lipinski definition) is 0. The molecule has 1 atom stereocenters. The van der Waals surface area contributed by atoms with Crippen molar-refractivity contribution in [2.24, 2.45) is 0 Å². The van der Waals surface area contributed by atoms with E-state index in [0.717, 1.165) is 0 Å². The van der Waals surface area contributed by atoms with Crippen LogP contribution in [0.25, 0.3) is 0 Å². The summed E-state index contributed by atoms with van der Waals surface area (Å²) in [4.78, 5) is 10.5. The SMILES string of the molecule is CC1(C)OC=C(C(C[N+](=O)[O-])c2ccc(Cl)c(Cl)c2)O1. The highest BCUT2D eigenvalue weighted by atomic mass is 35.5. The van der Waals surface area contributed by atoms with Gasteiger partial charge in [0.1, 0.15) is 17.9 Å². The van der Waals surface area contributed by atoms with Gasteiger partial charge in [-0.25, -0.2) is 0 Å². The maximum Gasteiger partial charge on any atom is 0.244 e. The van der Waals surface area contributed by atoms with Crippen molar-refractivity contribution in [3.8, 4) is 0 Å². The maximum absolute atomic E-state index is 10.9. The molecule has 0 fully saturated rings. The fourth-order valence-electron chi connectivity index (χ4n) is 1.92. The number of halogens is 2. The summed E-state index contributed by atoms with van der Waals surface area (Å²) < 4.78 is 10.9. The van der Waals surface area contributed by atoms with E-state index in [1.807, 2.05) is 0 Å². The molecule has 20 heavy (non-hydrogen) atoms. The largest absolute Gasteiger partial charge is 0.457 e. The lowest BCUT2D eigenvalue weighted by Gasteiger charge is -2.21. The van der Waals surface area contributed by atoms with Gasteiger partial charge in [-0.05, 0) is 17.7 Å². The number of ether oxygens (including phenoxy) is 2. The van der Waals surface area contributed by atoms with Gasteiger partial charge < -0.3 is 9.47 Å². The predicted molar refractivity (Wildman–Crippen MR) is 75.4 cm³/mol. The van der Waals surface area contributed by atoms with Gasteiger partial charge in [0.2, 0.25) is 12.3 Å². The lowest BCUT2D eigenvalue weighted by molar-refractivity contribution is -0.482. The molecule has 5 nitrogen and oxygen atoms in total. The molecule has 1 unspecified atom stereocenters. The van der Waals surface area contributed by atoms with Gasteiger partial charge in [-0.2, -0.15) is 0 Å². The first-order valence-electron chi connectivity index (χ1n) is 5.92. The molecule has 108 valence electrons. The molecular weight excluding hydrogens is 305 g/mol. The monoisotopic (exact) mass is 317 g/mol. The molecular formula is C13H13Cl2NO4. The fraction of sp³-hybridized carbons (Fsp3) is 0.385. The average molecular weight is 318 g/mol. The van der Waals surface area contributed by atoms with Crippen molar-refractivity contribution >= 4 is 23.2 Å². The van der Waals surface area contributed by atoms with Crippen LogP contribution in [0, 0.1) is 10.1 Å². The van der Waals surface area contributed by atoms with Crippen molar-refractivity contribution in [2.75, 3.05) is 6.54 Å². The molecule has 0 aliphatic carbocycles. The summed E-state index contributed by atoms with van der Waals surface area (Å²) in [5, 5.41) is 11.6. The molecule has 1 aromatic rings. The zero-order valence-electron chi connectivity index (χ0n) is 10.9. The third-order valence-electron chi connectivity index (χ3n) is 2.84. The number of nitrogens with zero attached hydrogens (tertiary/aromatic N) is 1. The Labute approximate surface area is 126 Å². The summed E-state index contributed by atoms with van der Waals surface area (Å²) in [6, 6.07) is 4.90. The van der Waals surface area contributed by atoms with Crippen LogP contribution >= 0.6 is 23.2 Å². The van der Waals surface area contributed by atoms with Crippen LogP contribution < -0.4 is 0 Å². The van der Waals surface area contributed by atoms with E-state index < -0.39 is 16.6 Å². The summed E-state index contributed by atoms with van der Waals surface area (Å²) >= 11 is 11.8. The second kappa shape index (κ2) is 5.50. The first-order valence-corrected chi connectivity index (χ1v) is 6.68. The summed E-state index contributed by atoms with van der Waals surface area (Å²) in [7, 11) is 0. The van der Waals surface area contributed by atoms with Gasteiger partial charge in [-0.1, -0.05) is 29.3 Å². The van der Waals surface area contributed by atoms with Crippen LogP contribution in [0.15, 0.2) is 30.2 Å². The number of benzene rings is 1. The molecule has 0 spiro atoms. The molecule has 0 saturated heterocycles. The molecule has 1 aliphatic heterocycles. The molecule has 2 rings (SSSR count). The van der Waals surface area contributed by atoms with Crippen molar-refractivity contribution in [2.45, 2.75) is 25.6 Å². The molecule has 1 aliphatic rings. The Morgan fingerprint density at radius 3 is 2.55 bits per heavy atom. The second-order valence-electron chi connectivity index (χ2n) is 4.88. The Morgan fingerprint density at radius 2 is 2.05 bits per heavy atom. The van der Waals surface area contributed by atoms with E-state index >= 15 is 0 Å². The maximum atomic E-state index is 10.9. The van der Waals surface area contributed by atoms with Gasteiger partial charge in [0.25, 0.3) is 0 Å². The molecule has 0 radical (unpaired) electrons. The smallest absolute Gasteiger partial charge is 0.244 e. The van der Waals surface area contributed by atoms with Gasteiger partial charge in [0.15, 0.2) is 0 Å². The molecule has 1 aromatic carbocycles. The second-order valence-corrected chi connectivity index (χ2v) is 5.70. The third-order valence-corrected chi connectivity index (χ3v) is 3.58. The Kier molecular flexibility index (Phi) is 4.11. The van der Waals surface area contributed by atoms with Crippen molar-refractivity contribution in [3.05, 3.63) is 55.9 Å². The summed E-state index contributed by atoms with van der Waals surface area (Å²) in [6.07, 6.45) is 1.41. The first kappa shape index (κ1) is 14.9. The normalized spacial score (nSPS) is 17.9. The van der Waals surface area contributed by atoms with Crippen molar-refractivity contribution in [1.29, 1.82) is 0 Å². The van der Waals surface area contributed by atoms with E-state index in [2.05, 4.69) is 0 Å². The van der Waals surface area contributed by atoms with Gasteiger partial charge in [-0.3, -0.25) is 10.1 Å². The van der Waals surface area contributed by atoms with E-state index in [0.29, 0.717) is 21.4 Å². The first-order chi connectivity index (χ1) is 9.28. The molecule has 0 bridgehead atoms. The zero-order chi connectivity index (χ0) is 14.9. The molecule has 1 heterocycles. The van der Waals surface area contributed by atoms with Crippen LogP contribution in [0.1, 0.15) is 25.3 Å². The molecule has 0 amide bonds. The predicted octanol–water partition coefficient (Wildman–Crippen LogP) is 3.98. The minimum Gasteiger partial charge on any atom is -0.457 e. The Bertz CT molecular complexity index is 571. The van der Waals surface area contributed by atoms with Crippen LogP contribution in [0.2, 0.25) is 10.0 Å². The highest BCUT2D eigenvalue weighted by Crippen LogP contribution is 2.36. The van der Waals surface area contributed by atoms with Gasteiger partial charge in [0, 0.05) is 18.8 Å². The van der Waals surface area contributed by atoms with Crippen molar-refractivity contribution in [1.82, 2.24) is 0 Å². The summed E-state index contributed by atoms with van der Waals surface area (Å²) in [5.74, 6) is -0.980. The summed E-state index contributed by atoms with van der Waals surface area (Å²) in [6.45, 7) is 3.15. The van der Waals surface area contributed by atoms with Gasteiger partial charge in [-0.15, -0.1) is 0 Å². The number of hydrogen-bond acceptors (Lipinski definition) is 4. The lowest BCUT2D eigenvalue weighted by atomic mass is 9.97. The third kappa shape index (κ3) is 3.35. The van der Waals surface area contributed by atoms with Crippen LogP contribution in [-0.2, 0) is 9.47 Å². The van der Waals surface area contributed by atoms with Crippen LogP contribution in [-0.4, -0.2) is 17.3 Å². The van der Waals surface area contributed by atoms with E-state index in [1.165, 1.54) is 6.26 Å². The van der Waals surface area contributed by atoms with Crippen molar-refractivity contribution < 1.29 is 14.4 Å².